The molecule has 1 N–H and O–H groups in total. The molecule has 0 aliphatic carbocycles. The maximum Gasteiger partial charge on any atom is 0.220 e. The fourth-order valence-electron chi connectivity index (χ4n) is 2.59. The fraction of sp³-hybridized carbons (Fsp3) is 0.238. The van der Waals surface area contributed by atoms with E-state index >= 15 is 0 Å². The summed E-state index contributed by atoms with van der Waals surface area (Å²) in [5.74, 6) is 0.860. The van der Waals surface area contributed by atoms with Crippen molar-refractivity contribution >= 4 is 5.91 Å². The molecular weight excluding hydrogens is 326 g/mol. The predicted octanol–water partition coefficient (Wildman–Crippen LogP) is 3.25. The van der Waals surface area contributed by atoms with Crippen molar-refractivity contribution in [3.8, 4) is 5.75 Å². The van der Waals surface area contributed by atoms with E-state index in [2.05, 4.69) is 10.4 Å². The molecule has 0 atom stereocenters. The lowest BCUT2D eigenvalue weighted by Crippen LogP contribution is -2.22. The van der Waals surface area contributed by atoms with Gasteiger partial charge in [-0.25, -0.2) is 0 Å². The van der Waals surface area contributed by atoms with E-state index in [1.807, 2.05) is 67.8 Å². The molecule has 1 amide bonds. The van der Waals surface area contributed by atoms with Crippen LogP contribution in [0, 0.1) is 0 Å². The summed E-state index contributed by atoms with van der Waals surface area (Å²) >= 11 is 0. The molecule has 0 saturated heterocycles. The second-order valence-corrected chi connectivity index (χ2v) is 6.22. The molecule has 0 unspecified atom stereocenters. The Hall–Kier alpha value is -3.08. The van der Waals surface area contributed by atoms with E-state index in [4.69, 9.17) is 4.74 Å². The molecule has 3 aromatic rings. The van der Waals surface area contributed by atoms with Crippen LogP contribution < -0.4 is 10.1 Å². The Balaban J connectivity index is 1.40. The Morgan fingerprint density at radius 3 is 2.50 bits per heavy atom. The molecule has 26 heavy (non-hydrogen) atoms. The van der Waals surface area contributed by atoms with Crippen LogP contribution in [0.5, 0.6) is 5.75 Å². The molecule has 3 rings (SSSR count). The Kier molecular flexibility index (Phi) is 6.04. The van der Waals surface area contributed by atoms with Crippen molar-refractivity contribution in [2.24, 2.45) is 7.05 Å². The second-order valence-electron chi connectivity index (χ2n) is 6.22. The summed E-state index contributed by atoms with van der Waals surface area (Å²) in [4.78, 5) is 12.0. The van der Waals surface area contributed by atoms with Crippen LogP contribution >= 0.6 is 0 Å². The standard InChI is InChI=1S/C21H23N3O2/c1-24-15-19(14-23-24)9-12-21(25)22-13-17-7-10-20(11-8-17)26-16-18-5-3-2-4-6-18/h2-8,10-11,14-15H,9,12-13,16H2,1H3,(H,22,25). The van der Waals surface area contributed by atoms with Crippen LogP contribution in [-0.2, 0) is 31.4 Å². The van der Waals surface area contributed by atoms with Gasteiger partial charge in [0.15, 0.2) is 0 Å². The van der Waals surface area contributed by atoms with E-state index in [1.54, 1.807) is 10.9 Å². The number of amides is 1. The first-order valence-corrected chi connectivity index (χ1v) is 8.69. The Morgan fingerprint density at radius 2 is 1.81 bits per heavy atom. The van der Waals surface area contributed by atoms with Gasteiger partial charge in [0.2, 0.25) is 5.91 Å². The van der Waals surface area contributed by atoms with Crippen LogP contribution in [0.25, 0.3) is 0 Å². The van der Waals surface area contributed by atoms with Crippen LogP contribution in [0.3, 0.4) is 0 Å². The minimum Gasteiger partial charge on any atom is -0.489 e. The largest absolute Gasteiger partial charge is 0.489 e. The smallest absolute Gasteiger partial charge is 0.220 e. The van der Waals surface area contributed by atoms with Crippen molar-refractivity contribution < 1.29 is 9.53 Å². The molecule has 0 spiro atoms. The molecule has 0 fully saturated rings. The zero-order valence-electron chi connectivity index (χ0n) is 14.9. The first-order valence-electron chi connectivity index (χ1n) is 8.69. The normalized spacial score (nSPS) is 10.5. The Labute approximate surface area is 153 Å². The number of benzene rings is 2. The summed E-state index contributed by atoms with van der Waals surface area (Å²) < 4.78 is 7.51. The molecule has 0 bridgehead atoms. The summed E-state index contributed by atoms with van der Waals surface area (Å²) in [6.45, 7) is 1.07. The number of aryl methyl sites for hydroxylation is 2. The summed E-state index contributed by atoms with van der Waals surface area (Å²) in [7, 11) is 1.87. The monoisotopic (exact) mass is 349 g/mol. The van der Waals surface area contributed by atoms with Crippen LogP contribution in [0.1, 0.15) is 23.1 Å². The third kappa shape index (κ3) is 5.48. The van der Waals surface area contributed by atoms with Gasteiger partial charge in [0.05, 0.1) is 6.20 Å². The molecule has 0 saturated carbocycles. The zero-order valence-corrected chi connectivity index (χ0v) is 14.9. The zero-order chi connectivity index (χ0) is 18.2. The number of nitrogens with zero attached hydrogens (tertiary/aromatic N) is 2. The van der Waals surface area contributed by atoms with Gasteiger partial charge in [-0.1, -0.05) is 42.5 Å². The number of aromatic nitrogens is 2. The third-order valence-electron chi connectivity index (χ3n) is 4.06. The molecular formula is C21H23N3O2. The van der Waals surface area contributed by atoms with Gasteiger partial charge >= 0.3 is 0 Å². The second kappa shape index (κ2) is 8.85. The number of carbonyl (C=O) groups excluding carboxylic acids is 1. The molecule has 0 aliphatic heterocycles. The number of nitrogens with one attached hydrogen (secondary N) is 1. The predicted molar refractivity (Wildman–Crippen MR) is 101 cm³/mol. The van der Waals surface area contributed by atoms with Crippen molar-refractivity contribution in [3.63, 3.8) is 0 Å². The van der Waals surface area contributed by atoms with Crippen LogP contribution in [0.15, 0.2) is 67.0 Å². The van der Waals surface area contributed by atoms with Crippen molar-refractivity contribution in [1.82, 2.24) is 15.1 Å². The highest BCUT2D eigenvalue weighted by Crippen LogP contribution is 2.14. The number of hydrogen-bond acceptors (Lipinski definition) is 3. The number of rotatable bonds is 8. The minimum absolute atomic E-state index is 0.0401. The lowest BCUT2D eigenvalue weighted by atomic mass is 10.2. The van der Waals surface area contributed by atoms with Gasteiger partial charge in [0.1, 0.15) is 12.4 Å². The molecule has 0 radical (unpaired) electrons. The van der Waals surface area contributed by atoms with Gasteiger partial charge in [0, 0.05) is 26.2 Å². The molecule has 0 aliphatic rings. The minimum atomic E-state index is 0.0401. The van der Waals surface area contributed by atoms with E-state index in [-0.39, 0.29) is 5.91 Å². The van der Waals surface area contributed by atoms with Crippen molar-refractivity contribution in [2.75, 3.05) is 0 Å². The SMILES string of the molecule is Cn1cc(CCC(=O)NCc2ccc(OCc3ccccc3)cc2)cn1. The van der Waals surface area contributed by atoms with Crippen molar-refractivity contribution in [3.05, 3.63) is 83.7 Å². The average Bonchev–Trinajstić information content (AvgIpc) is 3.10. The summed E-state index contributed by atoms with van der Waals surface area (Å²) in [5, 5.41) is 7.05. The highest BCUT2D eigenvalue weighted by Gasteiger charge is 2.04. The number of ether oxygens (including phenoxy) is 1. The Bertz CT molecular complexity index is 826. The van der Waals surface area contributed by atoms with Gasteiger partial charge in [-0.2, -0.15) is 5.10 Å². The molecule has 1 heterocycles. The maximum absolute atomic E-state index is 12.0. The van der Waals surface area contributed by atoms with Crippen LogP contribution in [0.4, 0.5) is 0 Å². The average molecular weight is 349 g/mol. The number of hydrogen-bond donors (Lipinski definition) is 1. The highest BCUT2D eigenvalue weighted by atomic mass is 16.5. The topological polar surface area (TPSA) is 56.2 Å². The van der Waals surface area contributed by atoms with Crippen LogP contribution in [-0.4, -0.2) is 15.7 Å². The van der Waals surface area contributed by atoms with E-state index in [9.17, 15) is 4.79 Å². The quantitative estimate of drug-likeness (QED) is 0.679. The fourth-order valence-corrected chi connectivity index (χ4v) is 2.59. The third-order valence-corrected chi connectivity index (χ3v) is 4.06. The van der Waals surface area contributed by atoms with Gasteiger partial charge in [-0.15, -0.1) is 0 Å². The van der Waals surface area contributed by atoms with E-state index in [0.717, 1.165) is 22.4 Å². The molecule has 2 aromatic carbocycles. The molecule has 134 valence electrons. The number of carbonyl (C=O) groups is 1. The van der Waals surface area contributed by atoms with Crippen molar-refractivity contribution in [2.45, 2.75) is 26.0 Å². The van der Waals surface area contributed by atoms with Gasteiger partial charge < -0.3 is 10.1 Å². The lowest BCUT2D eigenvalue weighted by molar-refractivity contribution is -0.121. The summed E-state index contributed by atoms with van der Waals surface area (Å²) in [6.07, 6.45) is 4.89. The molecule has 5 nitrogen and oxygen atoms in total. The Morgan fingerprint density at radius 1 is 1.04 bits per heavy atom. The van der Waals surface area contributed by atoms with Gasteiger partial charge in [-0.05, 0) is 35.2 Å². The first kappa shape index (κ1) is 17.7. The van der Waals surface area contributed by atoms with E-state index in [0.29, 0.717) is 26.0 Å². The van der Waals surface area contributed by atoms with E-state index in [1.165, 1.54) is 0 Å². The first-order chi connectivity index (χ1) is 12.7. The van der Waals surface area contributed by atoms with Gasteiger partial charge in [-0.3, -0.25) is 9.48 Å². The summed E-state index contributed by atoms with van der Waals surface area (Å²) in [5.41, 5.74) is 3.26. The van der Waals surface area contributed by atoms with E-state index < -0.39 is 0 Å². The maximum atomic E-state index is 12.0. The van der Waals surface area contributed by atoms with Crippen molar-refractivity contribution in [1.29, 1.82) is 0 Å². The summed E-state index contributed by atoms with van der Waals surface area (Å²) in [6, 6.07) is 17.9. The molecule has 5 heteroatoms. The lowest BCUT2D eigenvalue weighted by Gasteiger charge is -2.08. The van der Waals surface area contributed by atoms with Gasteiger partial charge in [0.25, 0.3) is 0 Å². The van der Waals surface area contributed by atoms with Crippen LogP contribution in [0.2, 0.25) is 0 Å². The molecule has 1 aromatic heterocycles. The highest BCUT2D eigenvalue weighted by molar-refractivity contribution is 5.76.